The Balaban J connectivity index is 2.19. The van der Waals surface area contributed by atoms with Gasteiger partial charge in [0.25, 0.3) is 0 Å². The fourth-order valence-electron chi connectivity index (χ4n) is 2.67. The molecule has 1 amide bonds. The highest BCUT2D eigenvalue weighted by atomic mass is 16.5. The van der Waals surface area contributed by atoms with Gasteiger partial charge in [0.2, 0.25) is 0 Å². The molecule has 22 heavy (non-hydrogen) atoms. The van der Waals surface area contributed by atoms with Crippen LogP contribution in [0.5, 0.6) is 5.75 Å². The Bertz CT molecular complexity index is 551. The van der Waals surface area contributed by atoms with Crippen LogP contribution in [0.2, 0.25) is 0 Å². The molecule has 0 aliphatic heterocycles. The van der Waals surface area contributed by atoms with Crippen molar-refractivity contribution in [2.75, 3.05) is 7.11 Å². The van der Waals surface area contributed by atoms with E-state index in [0.717, 1.165) is 32.1 Å². The monoisotopic (exact) mass is 305 g/mol. The van der Waals surface area contributed by atoms with Crippen molar-refractivity contribution in [1.29, 1.82) is 0 Å². The number of nitroso groups, excluding NO2 is 1. The number of carbonyl (C=O) groups is 2. The van der Waals surface area contributed by atoms with Gasteiger partial charge in [0.1, 0.15) is 11.9 Å². The van der Waals surface area contributed by atoms with Gasteiger partial charge in [0.15, 0.2) is 5.92 Å². The lowest BCUT2D eigenvalue weighted by Gasteiger charge is -2.23. The first-order chi connectivity index (χ1) is 10.7. The van der Waals surface area contributed by atoms with Gasteiger partial charge >= 0.3 is 11.9 Å². The number of ether oxygens (including phenoxy) is 2. The van der Waals surface area contributed by atoms with E-state index in [2.05, 4.69) is 5.18 Å². The van der Waals surface area contributed by atoms with Crippen LogP contribution in [0.25, 0.3) is 0 Å². The third-order valence-electron chi connectivity index (χ3n) is 3.83. The normalized spacial score (nSPS) is 16.6. The van der Waals surface area contributed by atoms with Gasteiger partial charge in [0.05, 0.1) is 7.11 Å². The molecule has 0 bridgehead atoms. The fraction of sp³-hybridized carbons (Fsp3) is 0.500. The molecule has 118 valence electrons. The molecular weight excluding hydrogens is 286 g/mol. The Morgan fingerprint density at radius 1 is 1.23 bits per heavy atom. The largest absolute Gasteiger partial charge is 0.497 e. The van der Waals surface area contributed by atoms with Crippen LogP contribution in [-0.4, -0.2) is 25.1 Å². The summed E-state index contributed by atoms with van der Waals surface area (Å²) in [5.41, 5.74) is 0.352. The molecule has 1 aliphatic carbocycles. The molecule has 1 aromatic rings. The maximum Gasteiger partial charge on any atom is 0.323 e. The fourth-order valence-corrected chi connectivity index (χ4v) is 2.67. The predicted molar refractivity (Wildman–Crippen MR) is 79.5 cm³/mol. The highest BCUT2D eigenvalue weighted by molar-refractivity contribution is 6.03. The molecule has 1 aliphatic rings. The van der Waals surface area contributed by atoms with Crippen molar-refractivity contribution in [3.63, 3.8) is 0 Å². The first kappa shape index (κ1) is 16.1. The number of nitrogens with zero attached hydrogens (tertiary/aromatic N) is 1. The van der Waals surface area contributed by atoms with Crippen LogP contribution < -0.4 is 4.74 Å². The Kier molecular flexibility index (Phi) is 5.63. The number of rotatable bonds is 5. The van der Waals surface area contributed by atoms with Crippen LogP contribution >= 0.6 is 0 Å². The summed E-state index contributed by atoms with van der Waals surface area (Å²) in [7, 11) is 1.48. The third kappa shape index (κ3) is 3.90. The summed E-state index contributed by atoms with van der Waals surface area (Å²) >= 11 is 0. The second kappa shape index (κ2) is 7.68. The zero-order valence-electron chi connectivity index (χ0n) is 12.5. The average Bonchev–Trinajstić information content (AvgIpc) is 2.56. The number of methoxy groups -OCH3 is 1. The van der Waals surface area contributed by atoms with Gasteiger partial charge in [-0.05, 0) is 43.4 Å². The minimum Gasteiger partial charge on any atom is -0.497 e. The summed E-state index contributed by atoms with van der Waals surface area (Å²) in [6.45, 7) is 0. The SMILES string of the molecule is COc1cccc(C(C(=O)N=O)C(=O)OC2CCCCC2)c1. The van der Waals surface area contributed by atoms with Crippen molar-refractivity contribution in [2.45, 2.75) is 44.1 Å². The first-order valence-corrected chi connectivity index (χ1v) is 7.37. The van der Waals surface area contributed by atoms with Gasteiger partial charge in [-0.3, -0.25) is 9.59 Å². The van der Waals surface area contributed by atoms with Crippen molar-refractivity contribution < 1.29 is 19.1 Å². The van der Waals surface area contributed by atoms with E-state index in [9.17, 15) is 14.5 Å². The number of carbonyl (C=O) groups excluding carboxylic acids is 2. The summed E-state index contributed by atoms with van der Waals surface area (Å²) in [5, 5.41) is 2.40. The Morgan fingerprint density at radius 2 is 1.95 bits per heavy atom. The van der Waals surface area contributed by atoms with Crippen molar-refractivity contribution in [3.8, 4) is 5.75 Å². The molecule has 1 aromatic carbocycles. The van der Waals surface area contributed by atoms with Crippen molar-refractivity contribution in [3.05, 3.63) is 34.7 Å². The van der Waals surface area contributed by atoms with Crippen LogP contribution in [0.3, 0.4) is 0 Å². The molecule has 2 rings (SSSR count). The standard InChI is InChI=1S/C16H19NO5/c1-21-13-9-5-6-11(10-13)14(15(18)17-20)16(19)22-12-7-3-2-4-8-12/h5-6,9-10,12,14H,2-4,7-8H2,1H3. The lowest BCUT2D eigenvalue weighted by molar-refractivity contribution is -0.154. The Hall–Kier alpha value is -2.24. The minimum absolute atomic E-state index is 0.186. The number of esters is 1. The number of amides is 1. The lowest BCUT2D eigenvalue weighted by atomic mass is 9.96. The molecule has 0 heterocycles. The lowest BCUT2D eigenvalue weighted by Crippen LogP contribution is -2.28. The summed E-state index contributed by atoms with van der Waals surface area (Å²) < 4.78 is 10.5. The van der Waals surface area contributed by atoms with Gasteiger partial charge in [-0.25, -0.2) is 0 Å². The maximum absolute atomic E-state index is 12.3. The van der Waals surface area contributed by atoms with E-state index in [1.54, 1.807) is 18.2 Å². The van der Waals surface area contributed by atoms with Gasteiger partial charge in [0, 0.05) is 5.18 Å². The Morgan fingerprint density at radius 3 is 2.59 bits per heavy atom. The second-order valence-electron chi connectivity index (χ2n) is 5.34. The number of benzene rings is 1. The van der Waals surface area contributed by atoms with Gasteiger partial charge in [-0.2, -0.15) is 0 Å². The summed E-state index contributed by atoms with van der Waals surface area (Å²) in [5.74, 6) is -2.60. The molecule has 0 N–H and O–H groups in total. The molecule has 6 nitrogen and oxygen atoms in total. The van der Waals surface area contributed by atoms with Crippen LogP contribution in [0.1, 0.15) is 43.6 Å². The number of hydrogen-bond acceptors (Lipinski definition) is 5. The summed E-state index contributed by atoms with van der Waals surface area (Å²) in [6.07, 6.45) is 4.53. The third-order valence-corrected chi connectivity index (χ3v) is 3.83. The summed E-state index contributed by atoms with van der Waals surface area (Å²) in [6, 6.07) is 6.45. The van der Waals surface area contributed by atoms with Gasteiger partial charge in [-0.1, -0.05) is 18.6 Å². The minimum atomic E-state index is -1.32. The molecule has 0 spiro atoms. The van der Waals surface area contributed by atoms with Crippen LogP contribution in [-0.2, 0) is 14.3 Å². The molecule has 0 saturated heterocycles. The maximum atomic E-state index is 12.3. The first-order valence-electron chi connectivity index (χ1n) is 7.37. The topological polar surface area (TPSA) is 82.0 Å². The van der Waals surface area contributed by atoms with E-state index in [4.69, 9.17) is 9.47 Å². The predicted octanol–water partition coefficient (Wildman–Crippen LogP) is 2.95. The van der Waals surface area contributed by atoms with E-state index in [1.807, 2.05) is 0 Å². The van der Waals surface area contributed by atoms with Crippen LogP contribution in [0.15, 0.2) is 29.4 Å². The van der Waals surface area contributed by atoms with Crippen molar-refractivity contribution in [2.24, 2.45) is 5.18 Å². The molecule has 0 aromatic heterocycles. The van der Waals surface area contributed by atoms with Crippen LogP contribution in [0, 0.1) is 4.91 Å². The van der Waals surface area contributed by atoms with E-state index >= 15 is 0 Å². The smallest absolute Gasteiger partial charge is 0.323 e. The highest BCUT2D eigenvalue weighted by Crippen LogP contribution is 2.27. The average molecular weight is 305 g/mol. The number of hydrogen-bond donors (Lipinski definition) is 0. The molecule has 1 saturated carbocycles. The van der Waals surface area contributed by atoms with Crippen molar-refractivity contribution >= 4 is 11.9 Å². The van der Waals surface area contributed by atoms with Gasteiger partial charge < -0.3 is 9.47 Å². The highest BCUT2D eigenvalue weighted by Gasteiger charge is 2.33. The van der Waals surface area contributed by atoms with E-state index < -0.39 is 17.8 Å². The molecule has 0 radical (unpaired) electrons. The molecule has 1 unspecified atom stereocenters. The summed E-state index contributed by atoms with van der Waals surface area (Å²) in [4.78, 5) is 34.7. The van der Waals surface area contributed by atoms with Gasteiger partial charge in [-0.15, -0.1) is 4.91 Å². The molecule has 1 atom stereocenters. The second-order valence-corrected chi connectivity index (χ2v) is 5.34. The Labute approximate surface area is 128 Å². The van der Waals surface area contributed by atoms with E-state index in [-0.39, 0.29) is 6.10 Å². The molecule has 1 fully saturated rings. The molecule has 6 heteroatoms. The van der Waals surface area contributed by atoms with E-state index in [1.165, 1.54) is 13.2 Å². The quantitative estimate of drug-likeness (QED) is 0.474. The van der Waals surface area contributed by atoms with Crippen molar-refractivity contribution in [1.82, 2.24) is 0 Å². The van der Waals surface area contributed by atoms with Crippen LogP contribution in [0.4, 0.5) is 0 Å². The van der Waals surface area contributed by atoms with E-state index in [0.29, 0.717) is 11.3 Å². The molecular formula is C16H19NO5. The zero-order chi connectivity index (χ0) is 15.9. The zero-order valence-corrected chi connectivity index (χ0v) is 12.5.